The van der Waals surface area contributed by atoms with Crippen LogP contribution in [0.2, 0.25) is 0 Å². The maximum absolute atomic E-state index is 11.7. The summed E-state index contributed by atoms with van der Waals surface area (Å²) in [6.07, 6.45) is 1.49. The molecule has 6 heteroatoms. The highest BCUT2D eigenvalue weighted by atomic mass is 16.3. The van der Waals surface area contributed by atoms with Crippen molar-refractivity contribution >= 4 is 17.5 Å². The van der Waals surface area contributed by atoms with Crippen LogP contribution in [0.15, 0.2) is 41.0 Å². The molecule has 2 aromatic rings. The molecule has 104 valence electrons. The van der Waals surface area contributed by atoms with Crippen LogP contribution in [0, 0.1) is 6.92 Å². The summed E-state index contributed by atoms with van der Waals surface area (Å²) >= 11 is 0. The SMILES string of the molecule is Cc1cc(O)ccc1NC(=O)C(=O)NCc1ccco1. The first-order chi connectivity index (χ1) is 9.56. The van der Waals surface area contributed by atoms with E-state index >= 15 is 0 Å². The topological polar surface area (TPSA) is 91.6 Å². The van der Waals surface area contributed by atoms with Crippen molar-refractivity contribution in [2.24, 2.45) is 0 Å². The Labute approximate surface area is 115 Å². The standard InChI is InChI=1S/C14H14N2O4/c1-9-7-10(17)4-5-12(9)16-14(19)13(18)15-8-11-3-2-6-20-11/h2-7,17H,8H2,1H3,(H,15,18)(H,16,19). The minimum Gasteiger partial charge on any atom is -0.508 e. The van der Waals surface area contributed by atoms with Crippen molar-refractivity contribution in [3.8, 4) is 5.75 Å². The van der Waals surface area contributed by atoms with Gasteiger partial charge in [-0.2, -0.15) is 0 Å². The van der Waals surface area contributed by atoms with Gasteiger partial charge in [0.2, 0.25) is 0 Å². The highest BCUT2D eigenvalue weighted by Crippen LogP contribution is 2.19. The number of amides is 2. The van der Waals surface area contributed by atoms with Gasteiger partial charge in [-0.05, 0) is 42.8 Å². The summed E-state index contributed by atoms with van der Waals surface area (Å²) < 4.78 is 5.04. The van der Waals surface area contributed by atoms with E-state index in [1.54, 1.807) is 19.1 Å². The molecule has 0 spiro atoms. The van der Waals surface area contributed by atoms with Gasteiger partial charge in [0.05, 0.1) is 12.8 Å². The molecule has 0 radical (unpaired) electrons. The normalized spacial score (nSPS) is 10.1. The van der Waals surface area contributed by atoms with E-state index in [-0.39, 0.29) is 12.3 Å². The third kappa shape index (κ3) is 3.38. The number of anilines is 1. The van der Waals surface area contributed by atoms with Crippen molar-refractivity contribution in [1.29, 1.82) is 0 Å². The minimum atomic E-state index is -0.773. The average Bonchev–Trinajstić information content (AvgIpc) is 2.92. The number of hydrogen-bond acceptors (Lipinski definition) is 4. The number of nitrogens with one attached hydrogen (secondary N) is 2. The van der Waals surface area contributed by atoms with Gasteiger partial charge in [-0.15, -0.1) is 0 Å². The molecule has 0 unspecified atom stereocenters. The molecular weight excluding hydrogens is 260 g/mol. The van der Waals surface area contributed by atoms with Crippen molar-refractivity contribution in [2.45, 2.75) is 13.5 Å². The van der Waals surface area contributed by atoms with E-state index in [1.165, 1.54) is 24.5 Å². The Morgan fingerprint density at radius 2 is 2.05 bits per heavy atom. The molecule has 0 atom stereocenters. The lowest BCUT2D eigenvalue weighted by Gasteiger charge is -2.08. The summed E-state index contributed by atoms with van der Waals surface area (Å²) in [5.41, 5.74) is 1.14. The summed E-state index contributed by atoms with van der Waals surface area (Å²) in [4.78, 5) is 23.3. The van der Waals surface area contributed by atoms with Crippen molar-refractivity contribution in [1.82, 2.24) is 5.32 Å². The number of carbonyl (C=O) groups is 2. The van der Waals surface area contributed by atoms with Gasteiger partial charge in [-0.25, -0.2) is 0 Å². The fourth-order valence-corrected chi connectivity index (χ4v) is 1.63. The molecule has 20 heavy (non-hydrogen) atoms. The fraction of sp³-hybridized carbons (Fsp3) is 0.143. The molecule has 0 saturated carbocycles. The summed E-state index contributed by atoms with van der Waals surface area (Å²) in [6.45, 7) is 1.86. The van der Waals surface area contributed by atoms with Crippen LogP contribution in [0.4, 0.5) is 5.69 Å². The smallest absolute Gasteiger partial charge is 0.313 e. The van der Waals surface area contributed by atoms with Gasteiger partial charge in [0.1, 0.15) is 11.5 Å². The highest BCUT2D eigenvalue weighted by Gasteiger charge is 2.14. The lowest BCUT2D eigenvalue weighted by Crippen LogP contribution is -2.35. The van der Waals surface area contributed by atoms with Gasteiger partial charge in [0.25, 0.3) is 0 Å². The zero-order valence-electron chi connectivity index (χ0n) is 10.8. The lowest BCUT2D eigenvalue weighted by atomic mass is 10.2. The fourth-order valence-electron chi connectivity index (χ4n) is 1.63. The summed E-state index contributed by atoms with van der Waals surface area (Å²) in [5.74, 6) is -0.867. The number of aryl methyl sites for hydroxylation is 1. The van der Waals surface area contributed by atoms with Gasteiger partial charge in [0.15, 0.2) is 0 Å². The Morgan fingerprint density at radius 1 is 1.25 bits per heavy atom. The Hall–Kier alpha value is -2.76. The zero-order valence-corrected chi connectivity index (χ0v) is 10.8. The van der Waals surface area contributed by atoms with Gasteiger partial charge in [-0.3, -0.25) is 9.59 Å². The molecule has 6 nitrogen and oxygen atoms in total. The number of phenols is 1. The van der Waals surface area contributed by atoms with Crippen LogP contribution in [0.1, 0.15) is 11.3 Å². The molecule has 0 saturated heterocycles. The van der Waals surface area contributed by atoms with Crippen LogP contribution >= 0.6 is 0 Å². The van der Waals surface area contributed by atoms with Crippen molar-refractivity contribution in [3.63, 3.8) is 0 Å². The van der Waals surface area contributed by atoms with Crippen molar-refractivity contribution < 1.29 is 19.1 Å². The van der Waals surface area contributed by atoms with E-state index in [2.05, 4.69) is 10.6 Å². The third-order valence-electron chi connectivity index (χ3n) is 2.67. The van der Waals surface area contributed by atoms with Crippen LogP contribution in [0.5, 0.6) is 5.75 Å². The Kier molecular flexibility index (Phi) is 4.05. The van der Waals surface area contributed by atoms with Crippen molar-refractivity contribution in [2.75, 3.05) is 5.32 Å². The number of furan rings is 1. The Balaban J connectivity index is 1.92. The molecule has 1 aromatic carbocycles. The molecule has 1 aromatic heterocycles. The van der Waals surface area contributed by atoms with E-state index in [0.29, 0.717) is 17.0 Å². The third-order valence-corrected chi connectivity index (χ3v) is 2.67. The molecule has 0 bridgehead atoms. The maximum atomic E-state index is 11.7. The molecule has 0 fully saturated rings. The number of carbonyl (C=O) groups excluding carboxylic acids is 2. The van der Waals surface area contributed by atoms with Gasteiger partial charge < -0.3 is 20.2 Å². The molecule has 0 aliphatic rings. The van der Waals surface area contributed by atoms with E-state index in [0.717, 1.165) is 0 Å². The molecule has 0 aliphatic heterocycles. The van der Waals surface area contributed by atoms with Gasteiger partial charge >= 0.3 is 11.8 Å². The number of aromatic hydroxyl groups is 1. The first-order valence-electron chi connectivity index (χ1n) is 5.97. The average molecular weight is 274 g/mol. The number of rotatable bonds is 3. The van der Waals surface area contributed by atoms with E-state index in [4.69, 9.17) is 4.42 Å². The largest absolute Gasteiger partial charge is 0.508 e. The van der Waals surface area contributed by atoms with Gasteiger partial charge in [-0.1, -0.05) is 0 Å². The second-order valence-electron chi connectivity index (χ2n) is 4.22. The summed E-state index contributed by atoms with van der Waals surface area (Å²) in [6, 6.07) is 7.85. The van der Waals surface area contributed by atoms with E-state index in [1.807, 2.05) is 0 Å². The van der Waals surface area contributed by atoms with E-state index in [9.17, 15) is 14.7 Å². The van der Waals surface area contributed by atoms with Crippen LogP contribution < -0.4 is 10.6 Å². The number of phenolic OH excluding ortho intramolecular Hbond substituents is 1. The minimum absolute atomic E-state index is 0.0998. The second-order valence-corrected chi connectivity index (χ2v) is 4.22. The molecule has 0 aliphatic carbocycles. The van der Waals surface area contributed by atoms with E-state index < -0.39 is 11.8 Å². The van der Waals surface area contributed by atoms with Crippen LogP contribution in [-0.4, -0.2) is 16.9 Å². The quantitative estimate of drug-likeness (QED) is 0.585. The lowest BCUT2D eigenvalue weighted by molar-refractivity contribution is -0.136. The zero-order chi connectivity index (χ0) is 14.5. The Morgan fingerprint density at radius 3 is 2.70 bits per heavy atom. The van der Waals surface area contributed by atoms with Crippen LogP contribution in [-0.2, 0) is 16.1 Å². The molecule has 1 heterocycles. The summed E-state index contributed by atoms with van der Waals surface area (Å²) in [5, 5.41) is 14.2. The van der Waals surface area contributed by atoms with Crippen LogP contribution in [0.3, 0.4) is 0 Å². The first kappa shape index (κ1) is 13.7. The Bertz CT molecular complexity index is 620. The highest BCUT2D eigenvalue weighted by molar-refractivity contribution is 6.39. The predicted octanol–water partition coefficient (Wildman–Crippen LogP) is 1.55. The molecule has 2 amide bonds. The summed E-state index contributed by atoms with van der Waals surface area (Å²) in [7, 11) is 0. The molecular formula is C14H14N2O4. The predicted molar refractivity (Wildman–Crippen MR) is 72.0 cm³/mol. The van der Waals surface area contributed by atoms with Crippen LogP contribution in [0.25, 0.3) is 0 Å². The number of benzene rings is 1. The van der Waals surface area contributed by atoms with Crippen molar-refractivity contribution in [3.05, 3.63) is 47.9 Å². The maximum Gasteiger partial charge on any atom is 0.313 e. The first-order valence-corrected chi connectivity index (χ1v) is 5.97. The number of hydrogen-bond donors (Lipinski definition) is 3. The molecule has 2 rings (SSSR count). The monoisotopic (exact) mass is 274 g/mol. The second kappa shape index (κ2) is 5.92. The van der Waals surface area contributed by atoms with Gasteiger partial charge in [0, 0.05) is 5.69 Å². The molecule has 3 N–H and O–H groups in total.